The van der Waals surface area contributed by atoms with Crippen LogP contribution in [0.2, 0.25) is 0 Å². The number of carboxylic acids is 2. The molecule has 6 N–H and O–H groups in total. The van der Waals surface area contributed by atoms with Gasteiger partial charge in [-0.05, 0) is 159 Å². The van der Waals surface area contributed by atoms with Crippen LogP contribution >= 0.6 is 38.5 Å². The molecule has 0 aromatic heterocycles. The van der Waals surface area contributed by atoms with Crippen LogP contribution in [-0.2, 0) is 63.8 Å². The number of esters is 3. The second kappa shape index (κ2) is 39.9. The maximum absolute atomic E-state index is 13.7. The molecule has 3 rings (SSSR count). The smallest absolute Gasteiger partial charge is 0.326 e. The molecule has 28 heteroatoms. The average molecular weight is 1460 g/mol. The molecular formula is C63H95BrIN9O17. The van der Waals surface area contributed by atoms with Gasteiger partial charge in [-0.25, -0.2) is 9.59 Å². The summed E-state index contributed by atoms with van der Waals surface area (Å²) in [5.41, 5.74) is -0.706. The Balaban J connectivity index is 1.58. The van der Waals surface area contributed by atoms with E-state index in [9.17, 15) is 57.8 Å². The predicted molar refractivity (Wildman–Crippen MR) is 350 cm³/mol. The number of nitrogens with one attached hydrogen (secondary N) is 4. The molecule has 508 valence electrons. The Morgan fingerprint density at radius 3 is 1.49 bits per heavy atom. The second-order valence-electron chi connectivity index (χ2n) is 25.3. The molecule has 1 aliphatic heterocycles. The Morgan fingerprint density at radius 2 is 1.05 bits per heavy atom. The van der Waals surface area contributed by atoms with Gasteiger partial charge in [0.2, 0.25) is 5.91 Å². The Hall–Kier alpha value is -6.34. The van der Waals surface area contributed by atoms with Crippen LogP contribution in [0.3, 0.4) is 0 Å². The Bertz CT molecular complexity index is 2690. The van der Waals surface area contributed by atoms with Crippen LogP contribution in [0.25, 0.3) is 0 Å². The van der Waals surface area contributed by atoms with Gasteiger partial charge in [0, 0.05) is 123 Å². The molecule has 0 unspecified atom stereocenters. The lowest BCUT2D eigenvalue weighted by Gasteiger charge is -2.34. The van der Waals surface area contributed by atoms with Gasteiger partial charge in [-0.2, -0.15) is 0 Å². The number of urea groups is 1. The molecule has 2 atom stereocenters. The van der Waals surface area contributed by atoms with Crippen molar-refractivity contribution in [2.75, 3.05) is 98.2 Å². The molecule has 1 fully saturated rings. The summed E-state index contributed by atoms with van der Waals surface area (Å²) >= 11 is 5.46. The first kappa shape index (κ1) is 78.9. The fourth-order valence-electron chi connectivity index (χ4n) is 9.36. The molecule has 1 aliphatic rings. The molecule has 0 radical (unpaired) electrons. The van der Waals surface area contributed by atoms with Crippen molar-refractivity contribution >= 4 is 104 Å². The van der Waals surface area contributed by atoms with Crippen LogP contribution in [0.15, 0.2) is 46.9 Å². The molecule has 0 aliphatic carbocycles. The molecular weight excluding hydrogens is 1360 g/mol. The number of unbranched alkanes of at least 4 members (excludes halogenated alkanes) is 2. The van der Waals surface area contributed by atoms with Gasteiger partial charge >= 0.3 is 35.9 Å². The highest BCUT2D eigenvalue weighted by molar-refractivity contribution is 14.1. The quantitative estimate of drug-likeness (QED) is 0.0124. The number of Topliss-reactive ketones (excluding diaryl/α,β-unsaturated/α-hetero) is 1. The lowest BCUT2D eigenvalue weighted by atomic mass is 10.1. The number of hydrogen-bond donors (Lipinski definition) is 6. The van der Waals surface area contributed by atoms with Crippen molar-refractivity contribution in [2.24, 2.45) is 0 Å². The molecule has 1 heterocycles. The summed E-state index contributed by atoms with van der Waals surface area (Å²) in [5.74, 6) is -4.92. The summed E-state index contributed by atoms with van der Waals surface area (Å²) in [6, 6.07) is 9.83. The minimum Gasteiger partial charge on any atom is -0.481 e. The van der Waals surface area contributed by atoms with Gasteiger partial charge in [-0.15, -0.1) is 0 Å². The van der Waals surface area contributed by atoms with E-state index >= 15 is 0 Å². The number of carboxylic acid groups (broad SMARTS) is 2. The van der Waals surface area contributed by atoms with E-state index in [0.29, 0.717) is 101 Å². The second-order valence-corrected chi connectivity index (χ2v) is 27.5. The third-order valence-corrected chi connectivity index (χ3v) is 14.8. The molecule has 91 heavy (non-hydrogen) atoms. The highest BCUT2D eigenvalue weighted by Gasteiger charge is 2.28. The van der Waals surface area contributed by atoms with Crippen LogP contribution in [-0.4, -0.2) is 228 Å². The molecule has 0 spiro atoms. The van der Waals surface area contributed by atoms with Crippen molar-refractivity contribution in [3.05, 3.63) is 67.2 Å². The van der Waals surface area contributed by atoms with Crippen LogP contribution in [0, 0.1) is 3.57 Å². The molecule has 1 saturated heterocycles. The number of carbonyl (C=O) groups is 11. The van der Waals surface area contributed by atoms with Gasteiger partial charge in [-0.1, -0.05) is 28.1 Å². The molecule has 5 amide bonds. The largest absolute Gasteiger partial charge is 0.481 e. The van der Waals surface area contributed by atoms with E-state index in [0.717, 1.165) is 10.0 Å². The zero-order chi connectivity index (χ0) is 67.9. The SMILES string of the molecule is CC(C)(C)OC(=O)CN1CCN(CC(=O)CCCNC(=O)c2cc(I)cc(C(=O)NCCCCC(=O)N(CCCC[C@H](NC(=O)N[C@@H](CCC(=O)O)C(=O)O)OC=O)Cc3ccc(Br)cc3)c2)CCN(CC(=O)OC(C)(C)C)CCN(CC(=O)OC(C)(C)C)CC1. The van der Waals surface area contributed by atoms with Gasteiger partial charge in [0.05, 0.1) is 26.2 Å². The fourth-order valence-corrected chi connectivity index (χ4v) is 10.3. The number of aliphatic carboxylic acids is 2. The normalized spacial score (nSPS) is 14.8. The van der Waals surface area contributed by atoms with Crippen molar-refractivity contribution in [3.8, 4) is 0 Å². The highest BCUT2D eigenvalue weighted by Crippen LogP contribution is 2.18. The zero-order valence-corrected chi connectivity index (χ0v) is 57.9. The summed E-state index contributed by atoms with van der Waals surface area (Å²) in [6.07, 6.45) is 0.524. The van der Waals surface area contributed by atoms with Crippen molar-refractivity contribution in [1.29, 1.82) is 0 Å². The van der Waals surface area contributed by atoms with Crippen molar-refractivity contribution < 1.29 is 81.9 Å². The van der Waals surface area contributed by atoms with Crippen LogP contribution in [0.5, 0.6) is 0 Å². The van der Waals surface area contributed by atoms with Gasteiger partial charge < -0.3 is 55.3 Å². The van der Waals surface area contributed by atoms with Crippen molar-refractivity contribution in [3.63, 3.8) is 0 Å². The number of nitrogens with zero attached hydrogens (tertiary/aromatic N) is 5. The highest BCUT2D eigenvalue weighted by atomic mass is 127. The van der Waals surface area contributed by atoms with E-state index in [-0.39, 0.29) is 94.2 Å². The molecule has 0 bridgehead atoms. The maximum atomic E-state index is 13.7. The minimum absolute atomic E-state index is 0.00262. The number of amides is 5. The van der Waals surface area contributed by atoms with E-state index in [1.807, 2.05) is 66.5 Å². The van der Waals surface area contributed by atoms with E-state index in [4.69, 9.17) is 24.1 Å². The van der Waals surface area contributed by atoms with Gasteiger partial charge in [0.1, 0.15) is 28.6 Å². The minimum atomic E-state index is -1.49. The maximum Gasteiger partial charge on any atom is 0.326 e. The number of benzene rings is 2. The zero-order valence-electron chi connectivity index (χ0n) is 54.2. The first-order valence-electron chi connectivity index (χ1n) is 30.7. The summed E-state index contributed by atoms with van der Waals surface area (Å²) in [4.78, 5) is 149. The third-order valence-electron chi connectivity index (χ3n) is 13.6. The standard InChI is InChI=1S/C63H95BrIN9O17/c1-61(2,3)89-54(80)40-71-29-27-70(28-30-72(41-55(81)90-62(4,5)6)32-34-73(33-31-71)42-56(82)91-63(7,8)9)39-49(76)15-14-25-67-58(84)46-35-45(36-48(65)37-46)57(83)66-24-12-10-17-52(77)74(38-44-18-20-47(64)21-19-44)26-13-11-16-51(88-43-75)69-60(87)68-50(59(85)86)22-23-53(78)79/h18-21,35-37,43,50-51H,10-17,22-34,38-42H2,1-9H3,(H,66,83)(H,67,84)(H,78,79)(H,85,86)(H2,68,69,87)/t50-,51+/m0/s1. The van der Waals surface area contributed by atoms with Crippen LogP contribution in [0.1, 0.15) is 153 Å². The lowest BCUT2D eigenvalue weighted by molar-refractivity contribution is -0.158. The van der Waals surface area contributed by atoms with Gasteiger partial charge in [-0.3, -0.25) is 62.8 Å². The summed E-state index contributed by atoms with van der Waals surface area (Å²) < 4.78 is 23.5. The number of carbonyl (C=O) groups excluding carboxylic acids is 9. The number of ketones is 1. The van der Waals surface area contributed by atoms with Gasteiger partial charge in [0.15, 0.2) is 6.23 Å². The van der Waals surface area contributed by atoms with E-state index in [1.165, 1.54) is 6.07 Å². The van der Waals surface area contributed by atoms with Crippen LogP contribution in [0.4, 0.5) is 4.79 Å². The number of ether oxygens (including phenoxy) is 4. The molecule has 2 aromatic carbocycles. The summed E-state index contributed by atoms with van der Waals surface area (Å²) in [5, 5.41) is 28.6. The first-order valence-corrected chi connectivity index (χ1v) is 32.6. The fraction of sp³-hybridized carbons (Fsp3) is 0.635. The summed E-state index contributed by atoms with van der Waals surface area (Å²) in [7, 11) is 0. The van der Waals surface area contributed by atoms with E-state index in [1.54, 1.807) is 79.3 Å². The third kappa shape index (κ3) is 35.9. The number of hydrogen-bond acceptors (Lipinski definition) is 19. The van der Waals surface area contributed by atoms with E-state index in [2.05, 4.69) is 37.2 Å². The predicted octanol–water partition coefficient (Wildman–Crippen LogP) is 5.60. The first-order chi connectivity index (χ1) is 42.6. The number of rotatable bonds is 34. The van der Waals surface area contributed by atoms with E-state index < -0.39 is 83.2 Å². The van der Waals surface area contributed by atoms with Crippen molar-refractivity contribution in [2.45, 2.75) is 162 Å². The Morgan fingerprint density at radius 1 is 0.593 bits per heavy atom. The summed E-state index contributed by atoms with van der Waals surface area (Å²) in [6.45, 7) is 20.6. The number of halogens is 2. The topological polar surface area (TPSA) is 329 Å². The molecule has 0 saturated carbocycles. The molecule has 2 aromatic rings. The van der Waals surface area contributed by atoms with Crippen LogP contribution < -0.4 is 21.3 Å². The average Bonchev–Trinajstić information content (AvgIpc) is 2.98. The Labute approximate surface area is 556 Å². The van der Waals surface area contributed by atoms with Gasteiger partial charge in [0.25, 0.3) is 18.3 Å². The molecule has 26 nitrogen and oxygen atoms in total. The Kier molecular flexibility index (Phi) is 34.6. The van der Waals surface area contributed by atoms with Crippen molar-refractivity contribution in [1.82, 2.24) is 45.8 Å². The lowest BCUT2D eigenvalue weighted by Crippen LogP contribution is -2.50. The monoisotopic (exact) mass is 1460 g/mol.